The minimum Gasteiger partial charge on any atom is -0.481 e. The highest BCUT2D eigenvalue weighted by atomic mass is 35.5. The van der Waals surface area contributed by atoms with Crippen molar-refractivity contribution >= 4 is 24.3 Å². The molecule has 5 nitrogen and oxygen atoms in total. The Morgan fingerprint density at radius 2 is 1.64 bits per heavy atom. The molecule has 1 saturated heterocycles. The third kappa shape index (κ3) is 5.43. The zero-order valence-electron chi connectivity index (χ0n) is 13.6. The van der Waals surface area contributed by atoms with E-state index in [9.17, 15) is 14.7 Å². The van der Waals surface area contributed by atoms with Crippen LogP contribution >= 0.6 is 12.4 Å². The van der Waals surface area contributed by atoms with Gasteiger partial charge in [-0.3, -0.25) is 9.59 Å². The van der Waals surface area contributed by atoms with Crippen molar-refractivity contribution in [2.75, 3.05) is 33.2 Å². The van der Waals surface area contributed by atoms with Gasteiger partial charge in [0.25, 0.3) is 0 Å². The highest BCUT2D eigenvalue weighted by molar-refractivity contribution is 5.85. The summed E-state index contributed by atoms with van der Waals surface area (Å²) >= 11 is 0. The highest BCUT2D eigenvalue weighted by Crippen LogP contribution is 2.42. The normalized spacial score (nSPS) is 22.5. The largest absolute Gasteiger partial charge is 0.481 e. The zero-order valence-corrected chi connectivity index (χ0v) is 14.4. The van der Waals surface area contributed by atoms with Gasteiger partial charge >= 0.3 is 5.97 Å². The van der Waals surface area contributed by atoms with Crippen LogP contribution in [-0.2, 0) is 9.59 Å². The number of nitrogens with zero attached hydrogens (tertiary/aromatic N) is 2. The van der Waals surface area contributed by atoms with Crippen molar-refractivity contribution in [2.45, 2.75) is 51.4 Å². The predicted molar refractivity (Wildman–Crippen MR) is 88.3 cm³/mol. The number of likely N-dealkylation sites (N-methyl/N-ethyl adjacent to an activating group) is 1. The molecule has 2 rings (SSSR count). The van der Waals surface area contributed by atoms with Crippen LogP contribution in [0, 0.1) is 5.41 Å². The Labute approximate surface area is 139 Å². The molecule has 0 unspecified atom stereocenters. The van der Waals surface area contributed by atoms with Gasteiger partial charge in [-0.2, -0.15) is 0 Å². The second-order valence-electron chi connectivity index (χ2n) is 6.85. The standard InChI is InChI=1S/C16H28N2O3.ClH/c1-17-8-5-9-18(11-10-17)14(19)12-16(13-15(20)21)6-3-2-4-7-16;/h2-13H2,1H3,(H,20,21);1H. The van der Waals surface area contributed by atoms with Gasteiger partial charge in [-0.25, -0.2) is 0 Å². The molecule has 1 amide bonds. The minimum absolute atomic E-state index is 0. The molecule has 2 fully saturated rings. The van der Waals surface area contributed by atoms with Crippen LogP contribution < -0.4 is 0 Å². The van der Waals surface area contributed by atoms with Crippen LogP contribution in [0.4, 0.5) is 0 Å². The Morgan fingerprint density at radius 3 is 2.27 bits per heavy atom. The maximum Gasteiger partial charge on any atom is 0.303 e. The molecule has 6 heteroatoms. The molecular weight excluding hydrogens is 304 g/mol. The first-order valence-electron chi connectivity index (χ1n) is 8.19. The molecule has 0 atom stereocenters. The average Bonchev–Trinajstić information content (AvgIpc) is 2.63. The van der Waals surface area contributed by atoms with E-state index in [2.05, 4.69) is 11.9 Å². The van der Waals surface area contributed by atoms with E-state index >= 15 is 0 Å². The maximum absolute atomic E-state index is 12.6. The maximum atomic E-state index is 12.6. The van der Waals surface area contributed by atoms with Crippen molar-refractivity contribution in [2.24, 2.45) is 5.41 Å². The van der Waals surface area contributed by atoms with Gasteiger partial charge in [-0.1, -0.05) is 19.3 Å². The van der Waals surface area contributed by atoms with E-state index < -0.39 is 5.97 Å². The van der Waals surface area contributed by atoms with Gasteiger partial charge in [0.1, 0.15) is 0 Å². The summed E-state index contributed by atoms with van der Waals surface area (Å²) in [6.45, 7) is 3.53. The van der Waals surface area contributed by atoms with Gasteiger partial charge in [0.05, 0.1) is 6.42 Å². The summed E-state index contributed by atoms with van der Waals surface area (Å²) in [6.07, 6.45) is 6.64. The Morgan fingerprint density at radius 1 is 0.955 bits per heavy atom. The van der Waals surface area contributed by atoms with Gasteiger partial charge in [0, 0.05) is 26.1 Å². The smallest absolute Gasteiger partial charge is 0.303 e. The van der Waals surface area contributed by atoms with E-state index in [1.807, 2.05) is 4.90 Å². The first-order chi connectivity index (χ1) is 10.0. The second kappa shape index (κ2) is 8.73. The van der Waals surface area contributed by atoms with Gasteiger partial charge < -0.3 is 14.9 Å². The Kier molecular flexibility index (Phi) is 7.63. The van der Waals surface area contributed by atoms with Crippen molar-refractivity contribution in [3.05, 3.63) is 0 Å². The Hall–Kier alpha value is -0.810. The molecule has 1 N–H and O–H groups in total. The van der Waals surface area contributed by atoms with Crippen LogP contribution in [0.5, 0.6) is 0 Å². The fourth-order valence-corrected chi connectivity index (χ4v) is 3.77. The van der Waals surface area contributed by atoms with Crippen LogP contribution in [0.25, 0.3) is 0 Å². The van der Waals surface area contributed by atoms with Crippen molar-refractivity contribution in [3.63, 3.8) is 0 Å². The quantitative estimate of drug-likeness (QED) is 0.858. The number of hydrogen-bond donors (Lipinski definition) is 1. The summed E-state index contributed by atoms with van der Waals surface area (Å²) in [6, 6.07) is 0. The van der Waals surface area contributed by atoms with Crippen molar-refractivity contribution in [1.82, 2.24) is 9.80 Å². The molecule has 128 valence electrons. The molecule has 22 heavy (non-hydrogen) atoms. The number of carboxylic acid groups (broad SMARTS) is 1. The van der Waals surface area contributed by atoms with Crippen molar-refractivity contribution in [3.8, 4) is 0 Å². The van der Waals surface area contributed by atoms with Crippen LogP contribution in [0.15, 0.2) is 0 Å². The van der Waals surface area contributed by atoms with Crippen LogP contribution in [0.1, 0.15) is 51.4 Å². The van der Waals surface area contributed by atoms with Gasteiger partial charge in [0.15, 0.2) is 0 Å². The zero-order chi connectivity index (χ0) is 15.3. The Balaban J connectivity index is 0.00000242. The molecule has 1 aliphatic carbocycles. The lowest BCUT2D eigenvalue weighted by atomic mass is 9.69. The SMILES string of the molecule is CN1CCCN(C(=O)CC2(CC(=O)O)CCCCC2)CC1.Cl. The van der Waals surface area contributed by atoms with Gasteiger partial charge in [0.2, 0.25) is 5.91 Å². The molecule has 2 aliphatic rings. The van der Waals surface area contributed by atoms with Gasteiger partial charge in [-0.15, -0.1) is 12.4 Å². The third-order valence-electron chi connectivity index (χ3n) is 5.04. The summed E-state index contributed by atoms with van der Waals surface area (Å²) in [5, 5.41) is 9.20. The van der Waals surface area contributed by atoms with Crippen LogP contribution in [0.2, 0.25) is 0 Å². The molecule has 1 saturated carbocycles. The lowest BCUT2D eigenvalue weighted by Crippen LogP contribution is -2.39. The molecule has 0 aromatic heterocycles. The second-order valence-corrected chi connectivity index (χ2v) is 6.85. The molecule has 0 aromatic carbocycles. The van der Waals surface area contributed by atoms with Crippen LogP contribution in [0.3, 0.4) is 0 Å². The predicted octanol–water partition coefficient (Wildman–Crippen LogP) is 2.39. The van der Waals surface area contributed by atoms with Gasteiger partial charge in [-0.05, 0) is 38.3 Å². The molecule has 1 aliphatic heterocycles. The minimum atomic E-state index is -0.764. The van der Waals surface area contributed by atoms with E-state index in [4.69, 9.17) is 0 Å². The molecule has 0 radical (unpaired) electrons. The summed E-state index contributed by atoms with van der Waals surface area (Å²) < 4.78 is 0. The van der Waals surface area contributed by atoms with E-state index in [1.165, 1.54) is 6.42 Å². The third-order valence-corrected chi connectivity index (χ3v) is 5.04. The first-order valence-corrected chi connectivity index (χ1v) is 8.19. The lowest BCUT2D eigenvalue weighted by molar-refractivity contribution is -0.142. The average molecular weight is 333 g/mol. The number of amides is 1. The van der Waals surface area contributed by atoms with E-state index in [1.54, 1.807) is 0 Å². The summed E-state index contributed by atoms with van der Waals surface area (Å²) in [7, 11) is 2.08. The molecule has 1 heterocycles. The van der Waals surface area contributed by atoms with E-state index in [0.717, 1.165) is 58.3 Å². The fraction of sp³-hybridized carbons (Fsp3) is 0.875. The van der Waals surface area contributed by atoms with Crippen LogP contribution in [-0.4, -0.2) is 60.0 Å². The number of carboxylic acids is 1. The Bertz CT molecular complexity index is 384. The topological polar surface area (TPSA) is 60.9 Å². The monoisotopic (exact) mass is 332 g/mol. The molecule has 0 bridgehead atoms. The highest BCUT2D eigenvalue weighted by Gasteiger charge is 2.37. The summed E-state index contributed by atoms with van der Waals surface area (Å²) in [4.78, 5) is 28.0. The molecule has 0 spiro atoms. The number of carbonyl (C=O) groups excluding carboxylic acids is 1. The lowest BCUT2D eigenvalue weighted by Gasteiger charge is -2.37. The van der Waals surface area contributed by atoms with Crippen molar-refractivity contribution < 1.29 is 14.7 Å². The first kappa shape index (κ1) is 19.2. The number of halogens is 1. The van der Waals surface area contributed by atoms with Crippen molar-refractivity contribution in [1.29, 1.82) is 0 Å². The number of aliphatic carboxylic acids is 1. The summed E-state index contributed by atoms with van der Waals surface area (Å²) in [5.74, 6) is -0.603. The number of carbonyl (C=O) groups is 2. The fourth-order valence-electron chi connectivity index (χ4n) is 3.77. The molecule has 0 aromatic rings. The van der Waals surface area contributed by atoms with E-state index in [-0.39, 0.29) is 30.2 Å². The van der Waals surface area contributed by atoms with E-state index in [0.29, 0.717) is 6.42 Å². The summed E-state index contributed by atoms with van der Waals surface area (Å²) in [5.41, 5.74) is -0.292. The molecular formula is C16H29ClN2O3. The number of hydrogen-bond acceptors (Lipinski definition) is 3. The number of rotatable bonds is 4.